The summed E-state index contributed by atoms with van der Waals surface area (Å²) < 4.78 is 24.6. The number of hydrogen-bond acceptors (Lipinski definition) is 3. The van der Waals surface area contributed by atoms with E-state index in [0.29, 0.717) is 4.90 Å². The van der Waals surface area contributed by atoms with Crippen LogP contribution in [0.5, 0.6) is 0 Å². The molecule has 0 saturated carbocycles. The van der Waals surface area contributed by atoms with Crippen LogP contribution in [0.3, 0.4) is 0 Å². The number of aryl methyl sites for hydroxylation is 2. The molecule has 1 fully saturated rings. The standard InChI is InChI=1S/C14H21NO2S/c1-11-6-7-14(9-12(11)2)18(16,17)10-13-5-3-4-8-15-13/h6-7,9,13,15H,3-5,8,10H2,1-2H3. The molecule has 1 N–H and O–H groups in total. The van der Waals surface area contributed by atoms with Crippen LogP contribution in [-0.4, -0.2) is 26.8 Å². The molecule has 3 nitrogen and oxygen atoms in total. The highest BCUT2D eigenvalue weighted by Gasteiger charge is 2.22. The van der Waals surface area contributed by atoms with Crippen molar-refractivity contribution in [2.24, 2.45) is 0 Å². The largest absolute Gasteiger partial charge is 0.313 e. The first-order valence-corrected chi connectivity index (χ1v) is 8.18. The van der Waals surface area contributed by atoms with Gasteiger partial charge in [-0.05, 0) is 56.5 Å². The van der Waals surface area contributed by atoms with E-state index in [-0.39, 0.29) is 11.8 Å². The maximum atomic E-state index is 12.3. The summed E-state index contributed by atoms with van der Waals surface area (Å²) in [6, 6.07) is 5.51. The molecule has 4 heteroatoms. The summed E-state index contributed by atoms with van der Waals surface area (Å²) in [6.07, 6.45) is 3.24. The van der Waals surface area contributed by atoms with E-state index in [1.807, 2.05) is 19.9 Å². The monoisotopic (exact) mass is 267 g/mol. The number of nitrogens with one attached hydrogen (secondary N) is 1. The molecule has 1 aromatic carbocycles. The van der Waals surface area contributed by atoms with Gasteiger partial charge in [0, 0.05) is 6.04 Å². The van der Waals surface area contributed by atoms with Gasteiger partial charge in [0.15, 0.2) is 9.84 Å². The summed E-state index contributed by atoms with van der Waals surface area (Å²) in [5.41, 5.74) is 2.16. The Morgan fingerprint density at radius 3 is 2.61 bits per heavy atom. The lowest BCUT2D eigenvalue weighted by Crippen LogP contribution is -2.39. The predicted molar refractivity (Wildman–Crippen MR) is 73.6 cm³/mol. The van der Waals surface area contributed by atoms with Crippen LogP contribution in [0, 0.1) is 13.8 Å². The van der Waals surface area contributed by atoms with Gasteiger partial charge in [-0.15, -0.1) is 0 Å². The van der Waals surface area contributed by atoms with Crippen molar-refractivity contribution in [3.63, 3.8) is 0 Å². The summed E-state index contributed by atoms with van der Waals surface area (Å²) in [7, 11) is -3.16. The van der Waals surface area contributed by atoms with Crippen LogP contribution in [0.2, 0.25) is 0 Å². The van der Waals surface area contributed by atoms with Gasteiger partial charge in [0.2, 0.25) is 0 Å². The average molecular weight is 267 g/mol. The van der Waals surface area contributed by atoms with Crippen LogP contribution >= 0.6 is 0 Å². The zero-order chi connectivity index (χ0) is 13.2. The minimum Gasteiger partial charge on any atom is -0.313 e. The molecule has 0 amide bonds. The van der Waals surface area contributed by atoms with Crippen LogP contribution in [0.15, 0.2) is 23.1 Å². The Labute approximate surface area is 110 Å². The Morgan fingerprint density at radius 1 is 1.22 bits per heavy atom. The Kier molecular flexibility index (Phi) is 4.07. The van der Waals surface area contributed by atoms with Gasteiger partial charge >= 0.3 is 0 Å². The third-order valence-electron chi connectivity index (χ3n) is 3.67. The predicted octanol–water partition coefficient (Wildman–Crippen LogP) is 2.22. The van der Waals surface area contributed by atoms with Gasteiger partial charge in [-0.1, -0.05) is 12.5 Å². The van der Waals surface area contributed by atoms with Crippen LogP contribution in [0.25, 0.3) is 0 Å². The number of benzene rings is 1. The van der Waals surface area contributed by atoms with E-state index in [4.69, 9.17) is 0 Å². The highest BCUT2D eigenvalue weighted by molar-refractivity contribution is 7.91. The van der Waals surface area contributed by atoms with E-state index in [2.05, 4.69) is 5.32 Å². The normalized spacial score (nSPS) is 20.9. The van der Waals surface area contributed by atoms with Crippen molar-refractivity contribution in [1.82, 2.24) is 5.32 Å². The van der Waals surface area contributed by atoms with E-state index in [0.717, 1.165) is 36.9 Å². The number of hydrogen-bond donors (Lipinski definition) is 1. The van der Waals surface area contributed by atoms with Crippen molar-refractivity contribution in [1.29, 1.82) is 0 Å². The molecule has 1 unspecified atom stereocenters. The molecular weight excluding hydrogens is 246 g/mol. The van der Waals surface area contributed by atoms with Gasteiger partial charge in [-0.3, -0.25) is 0 Å². The van der Waals surface area contributed by atoms with Gasteiger partial charge in [0.1, 0.15) is 0 Å². The van der Waals surface area contributed by atoms with Crippen molar-refractivity contribution in [2.45, 2.75) is 44.0 Å². The molecule has 1 atom stereocenters. The lowest BCUT2D eigenvalue weighted by atomic mass is 10.1. The molecule has 1 heterocycles. The molecule has 1 saturated heterocycles. The lowest BCUT2D eigenvalue weighted by molar-refractivity contribution is 0.423. The van der Waals surface area contributed by atoms with E-state index in [1.54, 1.807) is 12.1 Å². The molecule has 2 rings (SSSR count). The van der Waals surface area contributed by atoms with E-state index in [1.165, 1.54) is 0 Å². The molecule has 1 aliphatic heterocycles. The first kappa shape index (κ1) is 13.6. The molecular formula is C14H21NO2S. The van der Waals surface area contributed by atoms with E-state index in [9.17, 15) is 8.42 Å². The van der Waals surface area contributed by atoms with Gasteiger partial charge in [0.25, 0.3) is 0 Å². The third kappa shape index (κ3) is 3.12. The van der Waals surface area contributed by atoms with Crippen molar-refractivity contribution in [3.8, 4) is 0 Å². The average Bonchev–Trinajstić information content (AvgIpc) is 2.33. The fourth-order valence-electron chi connectivity index (χ4n) is 2.33. The summed E-state index contributed by atoms with van der Waals surface area (Å²) >= 11 is 0. The minimum atomic E-state index is -3.16. The molecule has 0 aromatic heterocycles. The molecule has 0 radical (unpaired) electrons. The second-order valence-electron chi connectivity index (χ2n) is 5.17. The second kappa shape index (κ2) is 5.41. The van der Waals surface area contributed by atoms with Crippen molar-refractivity contribution in [3.05, 3.63) is 29.3 Å². The van der Waals surface area contributed by atoms with Crippen LogP contribution in [0.4, 0.5) is 0 Å². The Balaban J connectivity index is 2.16. The minimum absolute atomic E-state index is 0.116. The summed E-state index contributed by atoms with van der Waals surface area (Å²) in [6.45, 7) is 4.88. The Bertz CT molecular complexity index is 517. The quantitative estimate of drug-likeness (QED) is 0.913. The van der Waals surface area contributed by atoms with Crippen molar-refractivity contribution in [2.75, 3.05) is 12.3 Å². The fraction of sp³-hybridized carbons (Fsp3) is 0.571. The molecule has 18 heavy (non-hydrogen) atoms. The van der Waals surface area contributed by atoms with Crippen LogP contribution < -0.4 is 5.32 Å². The zero-order valence-electron chi connectivity index (χ0n) is 11.1. The maximum absolute atomic E-state index is 12.3. The number of piperidine rings is 1. The number of sulfone groups is 1. The SMILES string of the molecule is Cc1ccc(S(=O)(=O)CC2CCCCN2)cc1C. The van der Waals surface area contributed by atoms with Gasteiger partial charge in [-0.2, -0.15) is 0 Å². The summed E-state index contributed by atoms with van der Waals surface area (Å²) in [4.78, 5) is 0.456. The highest BCUT2D eigenvalue weighted by Crippen LogP contribution is 2.18. The summed E-state index contributed by atoms with van der Waals surface area (Å²) in [5, 5.41) is 3.29. The summed E-state index contributed by atoms with van der Waals surface area (Å²) in [5.74, 6) is 0.218. The molecule has 0 bridgehead atoms. The van der Waals surface area contributed by atoms with Gasteiger partial charge in [-0.25, -0.2) is 8.42 Å². The Morgan fingerprint density at radius 2 is 2.00 bits per heavy atom. The lowest BCUT2D eigenvalue weighted by Gasteiger charge is -2.23. The van der Waals surface area contributed by atoms with E-state index < -0.39 is 9.84 Å². The molecule has 1 aromatic rings. The molecule has 1 aliphatic rings. The van der Waals surface area contributed by atoms with Gasteiger partial charge < -0.3 is 5.32 Å². The first-order valence-electron chi connectivity index (χ1n) is 6.52. The zero-order valence-corrected chi connectivity index (χ0v) is 11.9. The highest BCUT2D eigenvalue weighted by atomic mass is 32.2. The smallest absolute Gasteiger partial charge is 0.179 e. The third-order valence-corrected chi connectivity index (χ3v) is 5.48. The Hall–Kier alpha value is -0.870. The first-order chi connectivity index (χ1) is 8.49. The molecule has 0 aliphatic carbocycles. The van der Waals surface area contributed by atoms with Crippen LogP contribution in [-0.2, 0) is 9.84 Å². The molecule has 0 spiro atoms. The maximum Gasteiger partial charge on any atom is 0.179 e. The van der Waals surface area contributed by atoms with Crippen molar-refractivity contribution >= 4 is 9.84 Å². The second-order valence-corrected chi connectivity index (χ2v) is 7.21. The molecule has 100 valence electrons. The topological polar surface area (TPSA) is 46.2 Å². The van der Waals surface area contributed by atoms with Crippen molar-refractivity contribution < 1.29 is 8.42 Å². The fourth-order valence-corrected chi connectivity index (χ4v) is 3.97. The van der Waals surface area contributed by atoms with Crippen LogP contribution in [0.1, 0.15) is 30.4 Å². The van der Waals surface area contributed by atoms with E-state index >= 15 is 0 Å². The van der Waals surface area contributed by atoms with Gasteiger partial charge in [0.05, 0.1) is 10.6 Å². The number of rotatable bonds is 3.